The van der Waals surface area contributed by atoms with Gasteiger partial charge in [-0.05, 0) is 23.8 Å². The van der Waals surface area contributed by atoms with E-state index in [0.29, 0.717) is 45.6 Å². The molecule has 3 aromatic rings. The first-order valence-electron chi connectivity index (χ1n) is 9.99. The van der Waals surface area contributed by atoms with Gasteiger partial charge in [-0.1, -0.05) is 36.4 Å². The molecule has 1 aliphatic rings. The predicted molar refractivity (Wildman–Crippen MR) is 112 cm³/mol. The molecule has 0 radical (unpaired) electrons. The topological polar surface area (TPSA) is 65.6 Å². The van der Waals surface area contributed by atoms with Gasteiger partial charge in [0.1, 0.15) is 5.75 Å². The summed E-state index contributed by atoms with van der Waals surface area (Å²) in [5.74, 6) is 0.951. The summed E-state index contributed by atoms with van der Waals surface area (Å²) in [6.07, 6.45) is 2.64. The van der Waals surface area contributed by atoms with E-state index in [2.05, 4.69) is 4.98 Å². The maximum absolute atomic E-state index is 12.7. The monoisotopic (exact) mass is 391 g/mol. The number of nitrogens with one attached hydrogen (secondary N) is 1. The van der Waals surface area contributed by atoms with Gasteiger partial charge in [-0.3, -0.25) is 9.59 Å². The van der Waals surface area contributed by atoms with E-state index in [1.54, 1.807) is 0 Å². The molecule has 6 heteroatoms. The molecule has 150 valence electrons. The maximum Gasteiger partial charge on any atom is 0.227 e. The zero-order chi connectivity index (χ0) is 20.1. The summed E-state index contributed by atoms with van der Waals surface area (Å²) in [5.41, 5.74) is 2.06. The van der Waals surface area contributed by atoms with Crippen LogP contribution in [0.3, 0.4) is 0 Å². The highest BCUT2D eigenvalue weighted by Crippen LogP contribution is 2.19. The lowest BCUT2D eigenvalue weighted by Gasteiger charge is -2.35. The molecule has 0 atom stereocenters. The first kappa shape index (κ1) is 19.1. The molecule has 1 N–H and O–H groups in total. The van der Waals surface area contributed by atoms with Crippen molar-refractivity contribution in [2.45, 2.75) is 12.8 Å². The number of rotatable bonds is 6. The Kier molecular flexibility index (Phi) is 5.79. The molecule has 29 heavy (non-hydrogen) atoms. The van der Waals surface area contributed by atoms with Crippen molar-refractivity contribution < 1.29 is 14.3 Å². The Morgan fingerprint density at radius 1 is 0.862 bits per heavy atom. The lowest BCUT2D eigenvalue weighted by atomic mass is 10.1. The third-order valence-electron chi connectivity index (χ3n) is 5.33. The van der Waals surface area contributed by atoms with Gasteiger partial charge in [0.05, 0.1) is 19.4 Å². The molecule has 4 rings (SSSR count). The minimum absolute atomic E-state index is 0.0738. The highest BCUT2D eigenvalue weighted by molar-refractivity contribution is 5.89. The van der Waals surface area contributed by atoms with E-state index < -0.39 is 0 Å². The summed E-state index contributed by atoms with van der Waals surface area (Å²) < 4.78 is 5.61. The van der Waals surface area contributed by atoms with E-state index in [9.17, 15) is 9.59 Å². The van der Waals surface area contributed by atoms with Crippen LogP contribution in [0.15, 0.2) is 60.8 Å². The fraction of sp³-hybridized carbons (Fsp3) is 0.304. The molecular formula is C23H25N3O3. The highest BCUT2D eigenvalue weighted by atomic mass is 16.5. The molecule has 0 unspecified atom stereocenters. The van der Waals surface area contributed by atoms with Crippen LogP contribution in [-0.2, 0) is 16.0 Å². The number of aromatic nitrogens is 1. The van der Waals surface area contributed by atoms with Gasteiger partial charge in [-0.15, -0.1) is 0 Å². The number of ether oxygens (including phenoxy) is 1. The average molecular weight is 391 g/mol. The van der Waals surface area contributed by atoms with E-state index in [1.165, 1.54) is 0 Å². The molecule has 2 heterocycles. The molecule has 0 saturated carbocycles. The quantitative estimate of drug-likeness (QED) is 0.703. The van der Waals surface area contributed by atoms with E-state index in [4.69, 9.17) is 4.74 Å². The maximum atomic E-state index is 12.7. The minimum Gasteiger partial charge on any atom is -0.493 e. The largest absolute Gasteiger partial charge is 0.493 e. The molecule has 1 aliphatic heterocycles. The van der Waals surface area contributed by atoms with Crippen molar-refractivity contribution in [1.82, 2.24) is 14.8 Å². The second-order valence-electron chi connectivity index (χ2n) is 7.21. The smallest absolute Gasteiger partial charge is 0.227 e. The molecule has 1 saturated heterocycles. The second kappa shape index (κ2) is 8.82. The molecule has 1 aromatic heterocycles. The molecule has 2 aromatic carbocycles. The fourth-order valence-electron chi connectivity index (χ4n) is 3.69. The van der Waals surface area contributed by atoms with Crippen molar-refractivity contribution in [2.24, 2.45) is 0 Å². The third-order valence-corrected chi connectivity index (χ3v) is 5.33. The Hall–Kier alpha value is -3.28. The molecule has 0 aliphatic carbocycles. The lowest BCUT2D eigenvalue weighted by molar-refractivity contribution is -0.139. The van der Waals surface area contributed by atoms with E-state index >= 15 is 0 Å². The van der Waals surface area contributed by atoms with Gasteiger partial charge in [0, 0.05) is 43.3 Å². The number of carbonyl (C=O) groups is 2. The summed E-state index contributed by atoms with van der Waals surface area (Å²) in [6.45, 7) is 2.66. The highest BCUT2D eigenvalue weighted by Gasteiger charge is 2.24. The SMILES string of the molecule is O=C(CCOc1ccccc1)N1CCN(C(=O)Cc2c[nH]c3ccccc23)CC1. The Bertz CT molecular complexity index is 975. The number of carbonyl (C=O) groups excluding carboxylic acids is 2. The van der Waals surface area contributed by atoms with Gasteiger partial charge >= 0.3 is 0 Å². The Labute approximate surface area is 170 Å². The van der Waals surface area contributed by atoms with Gasteiger partial charge in [0.25, 0.3) is 0 Å². The number of para-hydroxylation sites is 2. The van der Waals surface area contributed by atoms with Crippen LogP contribution in [0.4, 0.5) is 0 Å². The van der Waals surface area contributed by atoms with Gasteiger partial charge in [0.15, 0.2) is 0 Å². The summed E-state index contributed by atoms with van der Waals surface area (Å²) in [6, 6.07) is 17.5. The number of aromatic amines is 1. The van der Waals surface area contributed by atoms with Crippen LogP contribution in [-0.4, -0.2) is 59.4 Å². The standard InChI is InChI=1S/C23H25N3O3/c27-22(10-15-29-19-6-2-1-3-7-19)25-11-13-26(14-12-25)23(28)16-18-17-24-21-9-5-4-8-20(18)21/h1-9,17,24H,10-16H2. The predicted octanol–water partition coefficient (Wildman–Crippen LogP) is 2.85. The fourth-order valence-corrected chi connectivity index (χ4v) is 3.69. The first-order chi connectivity index (χ1) is 14.2. The van der Waals surface area contributed by atoms with Crippen LogP contribution in [0.1, 0.15) is 12.0 Å². The minimum atomic E-state index is 0.0738. The summed E-state index contributed by atoms with van der Waals surface area (Å²) in [5, 5.41) is 1.09. The third kappa shape index (κ3) is 4.59. The number of benzene rings is 2. The number of piperazine rings is 1. The van der Waals surface area contributed by atoms with E-state index in [0.717, 1.165) is 22.2 Å². The number of H-pyrrole nitrogens is 1. The number of hydrogen-bond acceptors (Lipinski definition) is 3. The molecule has 0 spiro atoms. The van der Waals surface area contributed by atoms with Crippen LogP contribution in [0.25, 0.3) is 10.9 Å². The van der Waals surface area contributed by atoms with Crippen molar-refractivity contribution >= 4 is 22.7 Å². The lowest BCUT2D eigenvalue weighted by Crippen LogP contribution is -2.51. The van der Waals surface area contributed by atoms with Crippen molar-refractivity contribution in [3.8, 4) is 5.75 Å². The van der Waals surface area contributed by atoms with Crippen molar-refractivity contribution in [2.75, 3.05) is 32.8 Å². The average Bonchev–Trinajstić information content (AvgIpc) is 3.17. The van der Waals surface area contributed by atoms with E-state index in [1.807, 2.05) is 70.6 Å². The van der Waals surface area contributed by atoms with E-state index in [-0.39, 0.29) is 11.8 Å². The number of fused-ring (bicyclic) bond motifs is 1. The van der Waals surface area contributed by atoms with Crippen LogP contribution >= 0.6 is 0 Å². The van der Waals surface area contributed by atoms with Crippen molar-refractivity contribution in [3.63, 3.8) is 0 Å². The number of nitrogens with zero attached hydrogens (tertiary/aromatic N) is 2. The molecule has 6 nitrogen and oxygen atoms in total. The summed E-state index contributed by atoms with van der Waals surface area (Å²) in [4.78, 5) is 32.0. The zero-order valence-electron chi connectivity index (χ0n) is 16.3. The van der Waals surface area contributed by atoms with Gasteiger partial charge in [-0.2, -0.15) is 0 Å². The molecule has 0 bridgehead atoms. The van der Waals surface area contributed by atoms with Crippen LogP contribution in [0.5, 0.6) is 5.75 Å². The van der Waals surface area contributed by atoms with Crippen LogP contribution in [0.2, 0.25) is 0 Å². The normalized spacial score (nSPS) is 14.2. The Balaban J connectivity index is 1.23. The first-order valence-corrected chi connectivity index (χ1v) is 9.99. The number of amides is 2. The molecule has 2 amide bonds. The Morgan fingerprint density at radius 3 is 2.28 bits per heavy atom. The summed E-state index contributed by atoms with van der Waals surface area (Å²) >= 11 is 0. The second-order valence-corrected chi connectivity index (χ2v) is 7.21. The van der Waals surface area contributed by atoms with Crippen molar-refractivity contribution in [3.05, 3.63) is 66.4 Å². The molecular weight excluding hydrogens is 366 g/mol. The van der Waals surface area contributed by atoms with Crippen LogP contribution in [0, 0.1) is 0 Å². The van der Waals surface area contributed by atoms with Crippen LogP contribution < -0.4 is 4.74 Å². The van der Waals surface area contributed by atoms with Gasteiger partial charge in [-0.25, -0.2) is 0 Å². The Morgan fingerprint density at radius 2 is 1.52 bits per heavy atom. The molecule has 1 fully saturated rings. The van der Waals surface area contributed by atoms with Gasteiger partial charge < -0.3 is 19.5 Å². The summed E-state index contributed by atoms with van der Waals surface area (Å²) in [7, 11) is 0. The number of hydrogen-bond donors (Lipinski definition) is 1. The van der Waals surface area contributed by atoms with Crippen molar-refractivity contribution in [1.29, 1.82) is 0 Å². The van der Waals surface area contributed by atoms with Gasteiger partial charge in [0.2, 0.25) is 11.8 Å². The zero-order valence-corrected chi connectivity index (χ0v) is 16.3.